The predicted octanol–water partition coefficient (Wildman–Crippen LogP) is 4.82. The van der Waals surface area contributed by atoms with Gasteiger partial charge in [0.05, 0.1) is 12.8 Å². The summed E-state index contributed by atoms with van der Waals surface area (Å²) in [5.74, 6) is 0.763. The van der Waals surface area contributed by atoms with Crippen LogP contribution in [-0.4, -0.2) is 26.1 Å². The first-order chi connectivity index (χ1) is 12.0. The number of benzene rings is 2. The minimum Gasteiger partial charge on any atom is -0.495 e. The molecule has 1 amide bonds. The molecule has 2 rings (SSSR count). The summed E-state index contributed by atoms with van der Waals surface area (Å²) in [6.07, 6.45) is 0.395. The number of aryl methyl sites for hydroxylation is 2. The lowest BCUT2D eigenvalue weighted by Gasteiger charge is -2.22. The van der Waals surface area contributed by atoms with Crippen LogP contribution < -0.4 is 15.0 Å². The molecule has 0 atom stereocenters. The molecule has 0 unspecified atom stereocenters. The van der Waals surface area contributed by atoms with Crippen molar-refractivity contribution >= 4 is 28.9 Å². The van der Waals surface area contributed by atoms with Gasteiger partial charge in [-0.1, -0.05) is 23.7 Å². The average Bonchev–Trinajstić information content (AvgIpc) is 2.58. The van der Waals surface area contributed by atoms with Crippen LogP contribution in [0.15, 0.2) is 36.4 Å². The molecule has 0 spiro atoms. The smallest absolute Gasteiger partial charge is 0.228 e. The number of carbonyl (C=O) groups excluding carboxylic acids is 1. The van der Waals surface area contributed by atoms with Crippen molar-refractivity contribution in [2.75, 3.05) is 30.4 Å². The highest BCUT2D eigenvalue weighted by molar-refractivity contribution is 6.31. The van der Waals surface area contributed by atoms with E-state index in [1.165, 1.54) is 0 Å². The largest absolute Gasteiger partial charge is 0.495 e. The lowest BCUT2D eigenvalue weighted by Crippen LogP contribution is -2.31. The van der Waals surface area contributed by atoms with Crippen LogP contribution in [0.4, 0.5) is 11.4 Å². The molecule has 0 heterocycles. The molecule has 5 heteroatoms. The zero-order valence-electron chi connectivity index (χ0n) is 15.2. The van der Waals surface area contributed by atoms with Gasteiger partial charge in [0.2, 0.25) is 5.91 Å². The zero-order valence-corrected chi connectivity index (χ0v) is 16.0. The number of carbonyl (C=O) groups is 1. The first-order valence-corrected chi connectivity index (χ1v) is 8.79. The monoisotopic (exact) mass is 360 g/mol. The first kappa shape index (κ1) is 19.1. The van der Waals surface area contributed by atoms with Crippen molar-refractivity contribution in [1.29, 1.82) is 0 Å². The van der Waals surface area contributed by atoms with Crippen LogP contribution in [0, 0.1) is 13.8 Å². The molecule has 0 aliphatic heterocycles. The second kappa shape index (κ2) is 8.77. The van der Waals surface area contributed by atoms with E-state index >= 15 is 0 Å². The summed E-state index contributed by atoms with van der Waals surface area (Å²) < 4.78 is 5.35. The molecule has 0 saturated carbocycles. The molecule has 0 aromatic heterocycles. The molecule has 25 heavy (non-hydrogen) atoms. The number of hydrogen-bond acceptors (Lipinski definition) is 3. The van der Waals surface area contributed by atoms with E-state index in [4.69, 9.17) is 16.3 Å². The van der Waals surface area contributed by atoms with Crippen molar-refractivity contribution in [3.63, 3.8) is 0 Å². The number of nitrogens with one attached hydrogen (secondary N) is 1. The van der Waals surface area contributed by atoms with Gasteiger partial charge in [0.1, 0.15) is 5.75 Å². The number of anilines is 2. The van der Waals surface area contributed by atoms with Crippen LogP contribution in [0.25, 0.3) is 0 Å². The maximum Gasteiger partial charge on any atom is 0.228 e. The Hall–Kier alpha value is -2.20. The fourth-order valence-electron chi connectivity index (χ4n) is 2.71. The van der Waals surface area contributed by atoms with Crippen molar-refractivity contribution in [1.82, 2.24) is 0 Å². The van der Waals surface area contributed by atoms with Gasteiger partial charge < -0.3 is 15.0 Å². The summed E-state index contributed by atoms with van der Waals surface area (Å²) in [6.45, 7) is 7.12. The molecular weight excluding hydrogens is 336 g/mol. The highest BCUT2D eigenvalue weighted by atomic mass is 35.5. The average molecular weight is 361 g/mol. The second-order valence-electron chi connectivity index (χ2n) is 5.96. The van der Waals surface area contributed by atoms with Crippen molar-refractivity contribution in [2.24, 2.45) is 0 Å². The Bertz CT molecular complexity index is 746. The highest BCUT2D eigenvalue weighted by Gasteiger charge is 2.14. The maximum atomic E-state index is 12.6. The molecule has 134 valence electrons. The first-order valence-electron chi connectivity index (χ1n) is 8.41. The van der Waals surface area contributed by atoms with E-state index in [9.17, 15) is 4.79 Å². The van der Waals surface area contributed by atoms with Crippen LogP contribution in [-0.2, 0) is 4.79 Å². The summed E-state index contributed by atoms with van der Waals surface area (Å²) in [5, 5.41) is 3.94. The van der Waals surface area contributed by atoms with Gasteiger partial charge in [0, 0.05) is 36.3 Å². The summed E-state index contributed by atoms with van der Waals surface area (Å²) in [4.78, 5) is 14.4. The molecule has 1 N–H and O–H groups in total. The molecular formula is C20H25ClN2O2. The molecule has 0 fully saturated rings. The van der Waals surface area contributed by atoms with Crippen LogP contribution in [0.3, 0.4) is 0 Å². The van der Waals surface area contributed by atoms with Crippen molar-refractivity contribution < 1.29 is 9.53 Å². The molecule has 2 aromatic carbocycles. The minimum atomic E-state index is 0.0882. The van der Waals surface area contributed by atoms with Gasteiger partial charge in [0.15, 0.2) is 0 Å². The Morgan fingerprint density at radius 1 is 1.24 bits per heavy atom. The van der Waals surface area contributed by atoms with Crippen LogP contribution in [0.1, 0.15) is 24.5 Å². The zero-order chi connectivity index (χ0) is 18.4. The molecule has 4 nitrogen and oxygen atoms in total. The number of rotatable bonds is 7. The maximum absolute atomic E-state index is 12.6. The number of nitrogens with zero attached hydrogens (tertiary/aromatic N) is 1. The van der Waals surface area contributed by atoms with Crippen molar-refractivity contribution in [3.8, 4) is 5.75 Å². The third-order valence-electron chi connectivity index (χ3n) is 4.07. The Kier molecular flexibility index (Phi) is 6.71. The quantitative estimate of drug-likeness (QED) is 0.769. The molecule has 0 aliphatic rings. The summed E-state index contributed by atoms with van der Waals surface area (Å²) in [5.41, 5.74) is 3.89. The van der Waals surface area contributed by atoms with Crippen LogP contribution in [0.2, 0.25) is 5.02 Å². The Morgan fingerprint density at radius 2 is 2.00 bits per heavy atom. The van der Waals surface area contributed by atoms with Crippen LogP contribution >= 0.6 is 11.6 Å². The fourth-order valence-corrected chi connectivity index (χ4v) is 2.86. The third kappa shape index (κ3) is 4.89. The summed E-state index contributed by atoms with van der Waals surface area (Å²) >= 11 is 6.12. The van der Waals surface area contributed by atoms with E-state index in [0.717, 1.165) is 22.5 Å². The molecule has 0 saturated heterocycles. The number of amides is 1. The number of hydrogen-bond donors (Lipinski definition) is 1. The Morgan fingerprint density at radius 3 is 2.64 bits per heavy atom. The van der Waals surface area contributed by atoms with E-state index in [1.807, 2.05) is 51.1 Å². The van der Waals surface area contributed by atoms with E-state index in [1.54, 1.807) is 18.1 Å². The SMILES string of the molecule is CCN(C(=O)CCNc1cc(C)c(Cl)cc1OC)c1cccc(C)c1. The number of methoxy groups -OCH3 is 1. The minimum absolute atomic E-state index is 0.0882. The topological polar surface area (TPSA) is 41.6 Å². The standard InChI is InChI=1S/C20H25ClN2O2/c1-5-23(16-8-6-7-14(2)11-16)20(24)9-10-22-18-12-15(3)17(21)13-19(18)25-4/h6-8,11-13,22H,5,9-10H2,1-4H3. The summed E-state index contributed by atoms with van der Waals surface area (Å²) in [7, 11) is 1.61. The second-order valence-corrected chi connectivity index (χ2v) is 6.36. The molecule has 0 aliphatic carbocycles. The Labute approximate surface area is 154 Å². The lowest BCUT2D eigenvalue weighted by atomic mass is 10.2. The fraction of sp³-hybridized carbons (Fsp3) is 0.350. The van der Waals surface area contributed by atoms with Crippen molar-refractivity contribution in [3.05, 3.63) is 52.5 Å². The van der Waals surface area contributed by atoms with E-state index in [-0.39, 0.29) is 5.91 Å². The van der Waals surface area contributed by atoms with Gasteiger partial charge in [-0.25, -0.2) is 0 Å². The van der Waals surface area contributed by atoms with Gasteiger partial charge in [-0.2, -0.15) is 0 Å². The van der Waals surface area contributed by atoms with Crippen molar-refractivity contribution in [2.45, 2.75) is 27.2 Å². The number of ether oxygens (including phenoxy) is 1. The Balaban J connectivity index is 2.01. The normalized spacial score (nSPS) is 10.4. The molecule has 0 radical (unpaired) electrons. The summed E-state index contributed by atoms with van der Waals surface area (Å²) in [6, 6.07) is 11.7. The molecule has 0 bridgehead atoms. The van der Waals surface area contributed by atoms with E-state index in [0.29, 0.717) is 30.3 Å². The van der Waals surface area contributed by atoms with E-state index < -0.39 is 0 Å². The van der Waals surface area contributed by atoms with E-state index in [2.05, 4.69) is 5.32 Å². The third-order valence-corrected chi connectivity index (χ3v) is 4.47. The molecule has 2 aromatic rings. The predicted molar refractivity (Wildman–Crippen MR) is 105 cm³/mol. The van der Waals surface area contributed by atoms with Crippen LogP contribution in [0.5, 0.6) is 5.75 Å². The highest BCUT2D eigenvalue weighted by Crippen LogP contribution is 2.30. The number of halogens is 1. The lowest BCUT2D eigenvalue weighted by molar-refractivity contribution is -0.118. The van der Waals surface area contributed by atoms with Gasteiger partial charge in [0.25, 0.3) is 0 Å². The van der Waals surface area contributed by atoms with Gasteiger partial charge in [-0.3, -0.25) is 4.79 Å². The van der Waals surface area contributed by atoms with Gasteiger partial charge in [-0.15, -0.1) is 0 Å². The van der Waals surface area contributed by atoms with Gasteiger partial charge >= 0.3 is 0 Å². The van der Waals surface area contributed by atoms with Gasteiger partial charge in [-0.05, 0) is 50.1 Å².